The lowest BCUT2D eigenvalue weighted by Gasteiger charge is -2.18. The Kier molecular flexibility index (Phi) is 7.25. The van der Waals surface area contributed by atoms with Crippen molar-refractivity contribution in [2.75, 3.05) is 11.0 Å². The van der Waals surface area contributed by atoms with Crippen LogP contribution in [0.2, 0.25) is 0 Å². The first-order valence-electron chi connectivity index (χ1n) is 11.6. The van der Waals surface area contributed by atoms with Crippen LogP contribution in [0.3, 0.4) is 0 Å². The number of aliphatic hydroxyl groups is 1. The van der Waals surface area contributed by atoms with Crippen LogP contribution in [0.1, 0.15) is 42.7 Å². The second kappa shape index (κ2) is 10.1. The lowest BCUT2D eigenvalue weighted by Crippen LogP contribution is -2.18. The van der Waals surface area contributed by atoms with Crippen LogP contribution in [0, 0.1) is 30.4 Å². The van der Waals surface area contributed by atoms with Gasteiger partial charge in [0.2, 0.25) is 10.0 Å². The van der Waals surface area contributed by atoms with E-state index in [9.17, 15) is 22.3 Å². The van der Waals surface area contributed by atoms with E-state index in [1.165, 1.54) is 12.1 Å². The fourth-order valence-electron chi connectivity index (χ4n) is 4.11. The monoisotopic (exact) mass is 539 g/mol. The van der Waals surface area contributed by atoms with E-state index in [2.05, 4.69) is 26.5 Å². The number of imidazole rings is 1. The number of nitrogens with zero attached hydrogens (tertiary/aromatic N) is 3. The van der Waals surface area contributed by atoms with Crippen LogP contribution in [0.4, 0.5) is 14.6 Å². The molecule has 0 spiro atoms. The number of anilines is 1. The van der Waals surface area contributed by atoms with Crippen molar-refractivity contribution in [1.82, 2.24) is 14.4 Å². The molecule has 8 nitrogen and oxygen atoms in total. The van der Waals surface area contributed by atoms with E-state index in [0.29, 0.717) is 39.5 Å². The highest BCUT2D eigenvalue weighted by molar-refractivity contribution is 7.92. The van der Waals surface area contributed by atoms with Crippen LogP contribution >= 0.6 is 0 Å². The molecule has 3 heterocycles. The minimum absolute atomic E-state index is 0.0802. The third kappa shape index (κ3) is 6.34. The maximum absolute atomic E-state index is 13.8. The summed E-state index contributed by atoms with van der Waals surface area (Å²) in [7, 11) is -3.58. The van der Waals surface area contributed by atoms with Crippen molar-refractivity contribution in [3.63, 3.8) is 0 Å². The number of halogens is 2. The Hall–Kier alpha value is -3.85. The van der Waals surface area contributed by atoms with E-state index >= 15 is 0 Å². The molecular weight excluding hydrogens is 512 g/mol. The van der Waals surface area contributed by atoms with Gasteiger partial charge in [0.05, 0.1) is 29.2 Å². The number of hydrogen-bond donors (Lipinski definition) is 3. The Morgan fingerprint density at radius 2 is 1.82 bits per heavy atom. The van der Waals surface area contributed by atoms with Crippen LogP contribution in [0.25, 0.3) is 16.8 Å². The van der Waals surface area contributed by atoms with Gasteiger partial charge in [0, 0.05) is 11.6 Å². The van der Waals surface area contributed by atoms with E-state index in [0.717, 1.165) is 12.3 Å². The predicted molar refractivity (Wildman–Crippen MR) is 142 cm³/mol. The summed E-state index contributed by atoms with van der Waals surface area (Å²) in [6.07, 6.45) is 1.12. The molecule has 0 bridgehead atoms. The summed E-state index contributed by atoms with van der Waals surface area (Å²) in [5.74, 6) is 4.81. The first-order chi connectivity index (χ1) is 17.7. The lowest BCUT2D eigenvalue weighted by atomic mass is 9.97. The number of hydrogen-bond acceptors (Lipinski definition) is 6. The van der Waals surface area contributed by atoms with Gasteiger partial charge >= 0.3 is 0 Å². The molecule has 1 unspecified atom stereocenters. The maximum Gasteiger partial charge on any atom is 0.231 e. The molecule has 0 aliphatic rings. The number of nitrogens with two attached hydrogens (primary N) is 1. The number of benzene rings is 1. The maximum atomic E-state index is 13.8. The highest BCUT2D eigenvalue weighted by Crippen LogP contribution is 2.32. The molecule has 0 amide bonds. The van der Waals surface area contributed by atoms with Crippen LogP contribution in [-0.4, -0.2) is 39.7 Å². The normalized spacial score (nSPS) is 12.7. The Morgan fingerprint density at radius 3 is 2.45 bits per heavy atom. The summed E-state index contributed by atoms with van der Waals surface area (Å²) in [6.45, 7) is 4.82. The van der Waals surface area contributed by atoms with Gasteiger partial charge in [-0.3, -0.25) is 9.12 Å². The third-order valence-corrected chi connectivity index (χ3v) is 6.10. The largest absolute Gasteiger partial charge is 0.378 e. The van der Waals surface area contributed by atoms with Crippen molar-refractivity contribution in [3.05, 3.63) is 82.9 Å². The fourth-order valence-corrected chi connectivity index (χ4v) is 4.61. The Balaban J connectivity index is 1.89. The van der Waals surface area contributed by atoms with E-state index in [1.807, 2.05) is 6.07 Å². The zero-order valence-corrected chi connectivity index (χ0v) is 22.1. The number of aromatic nitrogens is 3. The van der Waals surface area contributed by atoms with Crippen molar-refractivity contribution in [1.29, 1.82) is 0 Å². The number of fused-ring (bicyclic) bond motifs is 1. The van der Waals surface area contributed by atoms with Crippen molar-refractivity contribution >= 4 is 21.4 Å². The summed E-state index contributed by atoms with van der Waals surface area (Å²) < 4.78 is 55.6. The van der Waals surface area contributed by atoms with Crippen LogP contribution < -0.4 is 10.5 Å². The summed E-state index contributed by atoms with van der Waals surface area (Å²) in [6, 6.07) is 11.1. The first-order valence-corrected chi connectivity index (χ1v) is 13.5. The Bertz CT molecular complexity index is 1680. The topological polar surface area (TPSA) is 123 Å². The van der Waals surface area contributed by atoms with Gasteiger partial charge in [-0.25, -0.2) is 27.2 Å². The zero-order chi connectivity index (χ0) is 27.8. The smallest absolute Gasteiger partial charge is 0.231 e. The average Bonchev–Trinajstić information content (AvgIpc) is 3.10. The zero-order valence-electron chi connectivity index (χ0n) is 21.3. The van der Waals surface area contributed by atoms with Gasteiger partial charge in [-0.1, -0.05) is 12.0 Å². The molecule has 1 aromatic carbocycles. The van der Waals surface area contributed by atoms with Gasteiger partial charge < -0.3 is 10.8 Å². The molecule has 0 radical (unpaired) electrons. The second-order valence-electron chi connectivity index (χ2n) is 9.54. The molecule has 0 saturated carbocycles. The summed E-state index contributed by atoms with van der Waals surface area (Å²) in [4.78, 5) is 9.04. The Morgan fingerprint density at radius 1 is 1.13 bits per heavy atom. The molecule has 198 valence electrons. The fraction of sp³-hybridized carbons (Fsp3) is 0.259. The minimum atomic E-state index is -3.58. The molecule has 0 fully saturated rings. The van der Waals surface area contributed by atoms with E-state index in [-0.39, 0.29) is 12.2 Å². The van der Waals surface area contributed by atoms with Gasteiger partial charge in [-0.2, -0.15) is 0 Å². The van der Waals surface area contributed by atoms with Gasteiger partial charge in [-0.05, 0) is 75.1 Å². The highest BCUT2D eigenvalue weighted by Gasteiger charge is 2.21. The summed E-state index contributed by atoms with van der Waals surface area (Å²) in [5, 5.41) is 10.0. The number of aryl methyl sites for hydroxylation is 1. The van der Waals surface area contributed by atoms with Crippen LogP contribution in [0.5, 0.6) is 0 Å². The molecular formula is C27H27F2N5O3S. The number of sulfonamides is 1. The van der Waals surface area contributed by atoms with E-state index in [4.69, 9.17) is 5.73 Å². The van der Waals surface area contributed by atoms with Crippen LogP contribution in [0.15, 0.2) is 48.5 Å². The molecule has 0 saturated heterocycles. The SMILES string of the molecule is Cc1nc(NS(C)(=O)=O)c2cccc(-c3ccc(C#CC(C)(C)O)nc3C(N)Cc3cc(F)cc(F)c3)n12. The standard InChI is InChI=1S/C27H27F2N5O3S/c1-16-31-26(33-38(4,36)37)24-7-5-6-23(34(16)24)21-9-8-20(10-11-27(2,3)35)32-25(21)22(30)14-17-12-18(28)15-19(29)13-17/h5-9,12-13,15,22,33,35H,14,30H2,1-4H3. The predicted octanol–water partition coefficient (Wildman–Crippen LogP) is 3.72. The molecule has 0 aliphatic carbocycles. The van der Waals surface area contributed by atoms with Gasteiger partial charge in [0.15, 0.2) is 5.82 Å². The summed E-state index contributed by atoms with van der Waals surface area (Å²) in [5.41, 5.74) is 8.16. The molecule has 38 heavy (non-hydrogen) atoms. The highest BCUT2D eigenvalue weighted by atomic mass is 32.2. The molecule has 0 aliphatic heterocycles. The third-order valence-electron chi connectivity index (χ3n) is 5.54. The van der Waals surface area contributed by atoms with Crippen molar-refractivity contribution in [3.8, 4) is 23.1 Å². The first kappa shape index (κ1) is 27.2. The molecule has 11 heteroatoms. The van der Waals surface area contributed by atoms with Crippen LogP contribution in [-0.2, 0) is 16.4 Å². The van der Waals surface area contributed by atoms with Crippen molar-refractivity contribution < 1.29 is 22.3 Å². The molecule has 3 aromatic heterocycles. The van der Waals surface area contributed by atoms with E-state index in [1.54, 1.807) is 49.4 Å². The van der Waals surface area contributed by atoms with Gasteiger partial charge in [-0.15, -0.1) is 0 Å². The molecule has 1 atom stereocenters. The minimum Gasteiger partial charge on any atom is -0.378 e. The molecule has 4 N–H and O–H groups in total. The number of nitrogens with one attached hydrogen (secondary N) is 1. The van der Waals surface area contributed by atoms with Crippen molar-refractivity contribution in [2.45, 2.75) is 38.8 Å². The molecule has 4 aromatic rings. The average molecular weight is 540 g/mol. The number of rotatable bonds is 6. The Labute approximate surface area is 219 Å². The van der Waals surface area contributed by atoms with Crippen molar-refractivity contribution in [2.24, 2.45) is 5.73 Å². The van der Waals surface area contributed by atoms with E-state index < -0.39 is 33.3 Å². The van der Waals surface area contributed by atoms with Gasteiger partial charge in [0.25, 0.3) is 0 Å². The van der Waals surface area contributed by atoms with Gasteiger partial charge in [0.1, 0.15) is 28.8 Å². The lowest BCUT2D eigenvalue weighted by molar-refractivity contribution is 0.143. The summed E-state index contributed by atoms with van der Waals surface area (Å²) >= 11 is 0. The number of pyridine rings is 2. The quantitative estimate of drug-likeness (QED) is 0.321. The second-order valence-corrected chi connectivity index (χ2v) is 11.3. The molecule has 4 rings (SSSR count).